The lowest BCUT2D eigenvalue weighted by molar-refractivity contribution is -0.370. The van der Waals surface area contributed by atoms with Gasteiger partial charge in [0.25, 0.3) is 0 Å². The van der Waals surface area contributed by atoms with Crippen molar-refractivity contribution in [1.29, 1.82) is 0 Å². The van der Waals surface area contributed by atoms with Crippen molar-refractivity contribution in [1.82, 2.24) is 5.32 Å². The summed E-state index contributed by atoms with van der Waals surface area (Å²) < 4.78 is 16.6. The van der Waals surface area contributed by atoms with E-state index in [4.69, 9.17) is 19.3 Å². The Kier molecular flexibility index (Phi) is 4.62. The molecule has 2 rings (SSSR count). The minimum absolute atomic E-state index is 0.0333. The number of nitrogens with one attached hydrogen (secondary N) is 1. The van der Waals surface area contributed by atoms with Gasteiger partial charge in [0, 0.05) is 20.5 Å². The lowest BCUT2D eigenvalue weighted by Gasteiger charge is -2.52. The third-order valence-corrected chi connectivity index (χ3v) is 3.77. The number of methoxy groups -OCH3 is 1. The van der Waals surface area contributed by atoms with Gasteiger partial charge in [-0.25, -0.2) is 0 Å². The summed E-state index contributed by atoms with van der Waals surface area (Å²) in [5, 5.41) is 31.7. The Labute approximate surface area is 116 Å². The van der Waals surface area contributed by atoms with Crippen molar-refractivity contribution in [2.45, 2.75) is 49.6 Å². The van der Waals surface area contributed by atoms with Crippen LogP contribution in [0.2, 0.25) is 0 Å². The molecule has 2 bridgehead atoms. The molecule has 8 nitrogen and oxygen atoms in total. The molecule has 2 aliphatic rings. The molecule has 6 atom stereocenters. The maximum Gasteiger partial charge on any atom is 0.217 e. The number of rotatable bonds is 4. The summed E-state index contributed by atoms with van der Waals surface area (Å²) >= 11 is 0. The number of hydrogen-bond acceptors (Lipinski definition) is 7. The van der Waals surface area contributed by atoms with Crippen molar-refractivity contribution in [3.05, 3.63) is 0 Å². The van der Waals surface area contributed by atoms with Crippen molar-refractivity contribution in [2.24, 2.45) is 0 Å². The molecular weight excluding hydrogens is 270 g/mol. The second-order valence-corrected chi connectivity index (χ2v) is 5.22. The molecule has 2 saturated heterocycles. The van der Waals surface area contributed by atoms with Gasteiger partial charge in [-0.2, -0.15) is 0 Å². The molecule has 8 heteroatoms. The van der Waals surface area contributed by atoms with Gasteiger partial charge in [0.15, 0.2) is 5.79 Å². The predicted molar refractivity (Wildman–Crippen MR) is 65.7 cm³/mol. The molecule has 2 heterocycles. The van der Waals surface area contributed by atoms with E-state index in [1.807, 2.05) is 0 Å². The number of carbonyl (C=O) groups is 1. The first kappa shape index (κ1) is 15.6. The first-order valence-electron chi connectivity index (χ1n) is 6.51. The standard InChI is InChI=1S/C12H21NO7/c1-6(15)13-9-7(16)3-12(18-2)5-19-10(8(17)4-14)11(9)20-12/h7-11,14,16-17H,3-5H2,1-2H3,(H,13,15). The maximum absolute atomic E-state index is 11.3. The van der Waals surface area contributed by atoms with Gasteiger partial charge in [0.1, 0.15) is 24.9 Å². The average molecular weight is 291 g/mol. The molecule has 6 unspecified atom stereocenters. The summed E-state index contributed by atoms with van der Waals surface area (Å²) in [6.07, 6.45) is -3.58. The average Bonchev–Trinajstić information content (AvgIpc) is 2.42. The Morgan fingerprint density at radius 2 is 2.30 bits per heavy atom. The van der Waals surface area contributed by atoms with Gasteiger partial charge in [0.05, 0.1) is 18.8 Å². The second-order valence-electron chi connectivity index (χ2n) is 5.22. The van der Waals surface area contributed by atoms with Gasteiger partial charge in [-0.05, 0) is 0 Å². The smallest absolute Gasteiger partial charge is 0.217 e. The van der Waals surface area contributed by atoms with Crippen LogP contribution in [0, 0.1) is 0 Å². The number of amides is 1. The zero-order chi connectivity index (χ0) is 14.9. The molecular formula is C12H21NO7. The number of carbonyl (C=O) groups excluding carboxylic acids is 1. The highest BCUT2D eigenvalue weighted by Gasteiger charge is 2.55. The van der Waals surface area contributed by atoms with Crippen LogP contribution >= 0.6 is 0 Å². The minimum Gasteiger partial charge on any atom is -0.394 e. The Balaban J connectivity index is 2.24. The molecule has 2 fully saturated rings. The third kappa shape index (κ3) is 2.80. The minimum atomic E-state index is -1.17. The van der Waals surface area contributed by atoms with E-state index in [9.17, 15) is 15.0 Å². The second kappa shape index (κ2) is 5.92. The Hall–Kier alpha value is -0.770. The molecule has 116 valence electrons. The summed E-state index contributed by atoms with van der Waals surface area (Å²) in [6, 6.07) is -0.734. The number of aliphatic hydroxyl groups is 3. The summed E-state index contributed by atoms with van der Waals surface area (Å²) in [5.74, 6) is -1.42. The lowest BCUT2D eigenvalue weighted by atomic mass is 9.87. The monoisotopic (exact) mass is 291 g/mol. The summed E-state index contributed by atoms with van der Waals surface area (Å²) in [5.41, 5.74) is 0. The SMILES string of the molecule is COC12COC(C(O)CO)C(O1)C(NC(C)=O)C(O)C2. The fourth-order valence-electron chi connectivity index (χ4n) is 2.75. The fraction of sp³-hybridized carbons (Fsp3) is 0.917. The zero-order valence-electron chi connectivity index (χ0n) is 11.5. The van der Waals surface area contributed by atoms with Crippen molar-refractivity contribution in [3.63, 3.8) is 0 Å². The summed E-state index contributed by atoms with van der Waals surface area (Å²) in [7, 11) is 1.44. The molecule has 0 saturated carbocycles. The molecule has 0 aromatic rings. The quantitative estimate of drug-likeness (QED) is 0.461. The maximum atomic E-state index is 11.3. The van der Waals surface area contributed by atoms with Crippen molar-refractivity contribution in [3.8, 4) is 0 Å². The van der Waals surface area contributed by atoms with E-state index in [1.165, 1.54) is 14.0 Å². The highest BCUT2D eigenvalue weighted by molar-refractivity contribution is 5.73. The number of fused-ring (bicyclic) bond motifs is 2. The zero-order valence-corrected chi connectivity index (χ0v) is 11.5. The molecule has 0 aromatic carbocycles. The van der Waals surface area contributed by atoms with Crippen LogP contribution in [0.25, 0.3) is 0 Å². The summed E-state index contributed by atoms with van der Waals surface area (Å²) in [6.45, 7) is 0.852. The fourth-order valence-corrected chi connectivity index (χ4v) is 2.75. The van der Waals surface area contributed by atoms with E-state index in [0.29, 0.717) is 0 Å². The van der Waals surface area contributed by atoms with Crippen LogP contribution in [-0.4, -0.2) is 77.8 Å². The van der Waals surface area contributed by atoms with Gasteiger partial charge in [-0.15, -0.1) is 0 Å². The van der Waals surface area contributed by atoms with E-state index in [2.05, 4.69) is 5.32 Å². The normalized spacial score (nSPS) is 42.0. The van der Waals surface area contributed by atoms with E-state index < -0.39 is 42.9 Å². The van der Waals surface area contributed by atoms with Gasteiger partial charge in [-0.3, -0.25) is 4.79 Å². The third-order valence-electron chi connectivity index (χ3n) is 3.77. The number of hydrogen-bond donors (Lipinski definition) is 4. The molecule has 0 aromatic heterocycles. The van der Waals surface area contributed by atoms with Crippen LogP contribution in [0.5, 0.6) is 0 Å². The van der Waals surface area contributed by atoms with Gasteiger partial charge < -0.3 is 34.8 Å². The Bertz CT molecular complexity index is 366. The highest BCUT2D eigenvalue weighted by atomic mass is 16.7. The van der Waals surface area contributed by atoms with E-state index >= 15 is 0 Å². The molecule has 1 amide bonds. The molecule has 20 heavy (non-hydrogen) atoms. The molecule has 0 spiro atoms. The Morgan fingerprint density at radius 1 is 1.60 bits per heavy atom. The molecule has 4 N–H and O–H groups in total. The van der Waals surface area contributed by atoms with Crippen LogP contribution in [0.3, 0.4) is 0 Å². The van der Waals surface area contributed by atoms with Crippen molar-refractivity contribution >= 4 is 5.91 Å². The van der Waals surface area contributed by atoms with E-state index in [0.717, 1.165) is 0 Å². The van der Waals surface area contributed by atoms with E-state index in [-0.39, 0.29) is 18.9 Å². The molecule has 0 radical (unpaired) electrons. The van der Waals surface area contributed by atoms with Crippen LogP contribution in [0.15, 0.2) is 0 Å². The lowest BCUT2D eigenvalue weighted by Crippen LogP contribution is -2.70. The van der Waals surface area contributed by atoms with Gasteiger partial charge in [0.2, 0.25) is 5.91 Å². The molecule has 2 aliphatic heterocycles. The Morgan fingerprint density at radius 3 is 2.85 bits per heavy atom. The first-order chi connectivity index (χ1) is 9.42. The van der Waals surface area contributed by atoms with E-state index in [1.54, 1.807) is 0 Å². The van der Waals surface area contributed by atoms with Crippen LogP contribution < -0.4 is 5.32 Å². The van der Waals surface area contributed by atoms with Gasteiger partial charge >= 0.3 is 0 Å². The van der Waals surface area contributed by atoms with Crippen LogP contribution in [0.1, 0.15) is 13.3 Å². The van der Waals surface area contributed by atoms with Gasteiger partial charge in [-0.1, -0.05) is 0 Å². The summed E-state index contributed by atoms with van der Waals surface area (Å²) in [4.78, 5) is 11.3. The largest absolute Gasteiger partial charge is 0.394 e. The van der Waals surface area contributed by atoms with Crippen LogP contribution in [-0.2, 0) is 19.0 Å². The first-order valence-corrected chi connectivity index (χ1v) is 6.51. The highest BCUT2D eigenvalue weighted by Crippen LogP contribution is 2.37. The predicted octanol–water partition coefficient (Wildman–Crippen LogP) is -2.26. The van der Waals surface area contributed by atoms with Crippen LogP contribution in [0.4, 0.5) is 0 Å². The molecule has 0 aliphatic carbocycles. The van der Waals surface area contributed by atoms with Crippen molar-refractivity contribution in [2.75, 3.05) is 20.3 Å². The number of aliphatic hydroxyl groups excluding tert-OH is 3. The number of ether oxygens (including phenoxy) is 3. The van der Waals surface area contributed by atoms with Crippen molar-refractivity contribution < 1.29 is 34.3 Å². The topological polar surface area (TPSA) is 117 Å².